The molecule has 7 nitrogen and oxygen atoms in total. The van der Waals surface area contributed by atoms with Crippen LogP contribution in [0.4, 0.5) is 5.95 Å². The van der Waals surface area contributed by atoms with E-state index >= 15 is 0 Å². The minimum Gasteiger partial charge on any atom is -0.295 e. The number of anilines is 1. The van der Waals surface area contributed by atoms with Crippen molar-refractivity contribution in [2.24, 2.45) is 0 Å². The van der Waals surface area contributed by atoms with E-state index in [-0.39, 0.29) is 22.7 Å². The summed E-state index contributed by atoms with van der Waals surface area (Å²) in [7, 11) is 0. The lowest BCUT2D eigenvalue weighted by Gasteiger charge is -1.97. The Morgan fingerprint density at radius 1 is 1.50 bits per heavy atom. The first-order valence-electron chi connectivity index (χ1n) is 5.47. The molecule has 0 bridgehead atoms. The predicted molar refractivity (Wildman–Crippen MR) is 66.9 cm³/mol. The van der Waals surface area contributed by atoms with Crippen molar-refractivity contribution in [2.45, 2.75) is 26.7 Å². The lowest BCUT2D eigenvalue weighted by atomic mass is 10.3. The molecular weight excluding hydrogens is 258 g/mol. The minimum absolute atomic E-state index is 0.0302. The van der Waals surface area contributed by atoms with Gasteiger partial charge in [0.1, 0.15) is 5.02 Å². The molecule has 18 heavy (non-hydrogen) atoms. The Bertz CT molecular complexity index is 660. The molecule has 2 heterocycles. The van der Waals surface area contributed by atoms with Crippen molar-refractivity contribution in [3.05, 3.63) is 21.1 Å². The van der Waals surface area contributed by atoms with Crippen LogP contribution < -0.4 is 10.9 Å². The lowest BCUT2D eigenvalue weighted by Crippen LogP contribution is -2.17. The molecule has 2 rings (SSSR count). The van der Waals surface area contributed by atoms with E-state index in [0.29, 0.717) is 12.1 Å². The van der Waals surface area contributed by atoms with Gasteiger partial charge < -0.3 is 0 Å². The summed E-state index contributed by atoms with van der Waals surface area (Å²) in [5.41, 5.74) is -0.0396. The first-order chi connectivity index (χ1) is 8.52. The van der Waals surface area contributed by atoms with Crippen LogP contribution in [0.3, 0.4) is 0 Å². The van der Waals surface area contributed by atoms with E-state index in [1.807, 2.05) is 6.92 Å². The van der Waals surface area contributed by atoms with Gasteiger partial charge in [-0.25, -0.2) is 4.98 Å². The van der Waals surface area contributed by atoms with Crippen molar-refractivity contribution in [3.63, 3.8) is 0 Å². The van der Waals surface area contributed by atoms with Crippen LogP contribution in [0.25, 0.3) is 5.78 Å². The summed E-state index contributed by atoms with van der Waals surface area (Å²) in [4.78, 5) is 31.2. The van der Waals surface area contributed by atoms with Crippen molar-refractivity contribution in [2.75, 3.05) is 5.32 Å². The summed E-state index contributed by atoms with van der Waals surface area (Å²) in [6.45, 7) is 3.52. The predicted octanol–water partition coefficient (Wildman–Crippen LogP) is 1.12. The second kappa shape index (κ2) is 4.77. The van der Waals surface area contributed by atoms with Gasteiger partial charge >= 0.3 is 0 Å². The van der Waals surface area contributed by atoms with Crippen LogP contribution in [0.1, 0.15) is 25.5 Å². The third-order valence-corrected chi connectivity index (χ3v) is 2.78. The molecule has 0 aliphatic rings. The molecule has 96 valence electrons. The number of nitrogens with one attached hydrogen (secondary N) is 2. The molecule has 0 aliphatic heterocycles. The van der Waals surface area contributed by atoms with E-state index in [4.69, 9.17) is 11.6 Å². The molecule has 0 saturated heterocycles. The van der Waals surface area contributed by atoms with Crippen LogP contribution in [0.15, 0.2) is 4.79 Å². The molecule has 0 radical (unpaired) electrons. The first kappa shape index (κ1) is 12.6. The summed E-state index contributed by atoms with van der Waals surface area (Å²) in [6.07, 6.45) is 1.12. The van der Waals surface area contributed by atoms with Gasteiger partial charge in [0.05, 0.1) is 5.69 Å². The summed E-state index contributed by atoms with van der Waals surface area (Å²) in [5.74, 6) is 0.181. The van der Waals surface area contributed by atoms with Crippen molar-refractivity contribution in [3.8, 4) is 0 Å². The zero-order valence-electron chi connectivity index (χ0n) is 9.95. The van der Waals surface area contributed by atoms with Crippen molar-refractivity contribution in [1.29, 1.82) is 0 Å². The van der Waals surface area contributed by atoms with Crippen LogP contribution >= 0.6 is 11.6 Å². The maximum Gasteiger partial charge on any atom is 0.293 e. The monoisotopic (exact) mass is 269 g/mol. The largest absolute Gasteiger partial charge is 0.295 e. The maximum absolute atomic E-state index is 11.8. The Kier molecular flexibility index (Phi) is 3.33. The van der Waals surface area contributed by atoms with E-state index < -0.39 is 5.56 Å². The number of H-pyrrole nitrogens is 1. The van der Waals surface area contributed by atoms with Crippen molar-refractivity contribution in [1.82, 2.24) is 19.6 Å². The summed E-state index contributed by atoms with van der Waals surface area (Å²) >= 11 is 5.79. The number of halogens is 1. The number of rotatable bonds is 3. The Balaban J connectivity index is 2.42. The molecular formula is C10H12ClN5O2. The summed E-state index contributed by atoms with van der Waals surface area (Å²) in [6, 6.07) is 0. The average molecular weight is 270 g/mol. The number of aromatic amines is 1. The zero-order chi connectivity index (χ0) is 13.3. The molecule has 0 saturated carbocycles. The second-order valence-electron chi connectivity index (χ2n) is 3.82. The van der Waals surface area contributed by atoms with E-state index in [1.54, 1.807) is 6.92 Å². The molecule has 0 unspecified atom stereocenters. The highest BCUT2D eigenvalue weighted by Gasteiger charge is 2.12. The third-order valence-electron chi connectivity index (χ3n) is 2.34. The first-order valence-corrected chi connectivity index (χ1v) is 5.85. The molecule has 0 aliphatic carbocycles. The number of amides is 1. The number of aromatic nitrogens is 4. The Hall–Kier alpha value is -1.89. The highest BCUT2D eigenvalue weighted by atomic mass is 35.5. The molecule has 0 atom stereocenters. The van der Waals surface area contributed by atoms with Crippen LogP contribution in [-0.2, 0) is 4.79 Å². The normalized spacial score (nSPS) is 10.8. The number of carbonyl (C=O) groups is 1. The Morgan fingerprint density at radius 3 is 2.89 bits per heavy atom. The molecule has 2 N–H and O–H groups in total. The van der Waals surface area contributed by atoms with E-state index in [2.05, 4.69) is 20.4 Å². The van der Waals surface area contributed by atoms with Gasteiger partial charge in [0.2, 0.25) is 11.9 Å². The standard InChI is InChI=1S/C10H12ClN5O2/c1-3-4-6(17)13-9-14-10-12-5(2)7(11)8(18)16(10)15-9/h3-4H2,1-2H3,(H2,12,13,14,15,17). The summed E-state index contributed by atoms with van der Waals surface area (Å²) in [5, 5.41) is 5.22. The highest BCUT2D eigenvalue weighted by molar-refractivity contribution is 6.31. The molecule has 2 aromatic rings. The molecule has 0 aromatic carbocycles. The smallest absolute Gasteiger partial charge is 0.293 e. The van der Waals surface area contributed by atoms with Gasteiger partial charge in [0.25, 0.3) is 11.3 Å². The van der Waals surface area contributed by atoms with Gasteiger partial charge in [-0.15, -0.1) is 0 Å². The van der Waals surface area contributed by atoms with E-state index in [1.165, 1.54) is 0 Å². The van der Waals surface area contributed by atoms with Gasteiger partial charge in [-0.2, -0.15) is 9.50 Å². The lowest BCUT2D eigenvalue weighted by molar-refractivity contribution is -0.116. The number of hydrogen-bond acceptors (Lipinski definition) is 4. The van der Waals surface area contributed by atoms with Crippen molar-refractivity contribution >= 4 is 29.2 Å². The minimum atomic E-state index is -0.442. The van der Waals surface area contributed by atoms with Crippen LogP contribution in [-0.4, -0.2) is 25.5 Å². The Morgan fingerprint density at radius 2 is 2.22 bits per heavy atom. The number of carbonyl (C=O) groups excluding carboxylic acids is 1. The zero-order valence-corrected chi connectivity index (χ0v) is 10.7. The number of nitrogens with zero attached hydrogens (tertiary/aromatic N) is 3. The quantitative estimate of drug-likeness (QED) is 0.873. The fraction of sp³-hybridized carbons (Fsp3) is 0.400. The third kappa shape index (κ3) is 2.21. The Labute approximate surface area is 107 Å². The summed E-state index contributed by atoms with van der Waals surface area (Å²) < 4.78 is 1.09. The topological polar surface area (TPSA) is 92.2 Å². The van der Waals surface area contributed by atoms with Gasteiger partial charge in [-0.05, 0) is 13.3 Å². The number of aryl methyl sites for hydroxylation is 1. The van der Waals surface area contributed by atoms with Crippen molar-refractivity contribution < 1.29 is 4.79 Å². The average Bonchev–Trinajstić information content (AvgIpc) is 2.69. The van der Waals surface area contributed by atoms with E-state index in [9.17, 15) is 9.59 Å². The molecule has 0 fully saturated rings. The fourth-order valence-corrected chi connectivity index (χ4v) is 1.60. The maximum atomic E-state index is 11.8. The highest BCUT2D eigenvalue weighted by Crippen LogP contribution is 2.09. The molecule has 8 heteroatoms. The SMILES string of the molecule is CCCC(=O)Nc1nc2nc(C)c(Cl)c(=O)n2[nH]1. The van der Waals surface area contributed by atoms with Crippen LogP contribution in [0.2, 0.25) is 5.02 Å². The fourth-order valence-electron chi connectivity index (χ4n) is 1.48. The van der Waals surface area contributed by atoms with Crippen LogP contribution in [0.5, 0.6) is 0 Å². The number of hydrogen-bond donors (Lipinski definition) is 2. The van der Waals surface area contributed by atoms with Crippen LogP contribution in [0, 0.1) is 6.92 Å². The molecule has 2 aromatic heterocycles. The molecule has 0 spiro atoms. The van der Waals surface area contributed by atoms with Gasteiger partial charge in [0.15, 0.2) is 0 Å². The van der Waals surface area contributed by atoms with Gasteiger partial charge in [-0.3, -0.25) is 20.0 Å². The molecule has 1 amide bonds. The second-order valence-corrected chi connectivity index (χ2v) is 4.20. The van der Waals surface area contributed by atoms with Gasteiger partial charge in [-0.1, -0.05) is 18.5 Å². The van der Waals surface area contributed by atoms with E-state index in [0.717, 1.165) is 10.9 Å². The number of fused-ring (bicyclic) bond motifs is 1. The van der Waals surface area contributed by atoms with Gasteiger partial charge in [0, 0.05) is 6.42 Å².